The number of hydrogen-bond acceptors (Lipinski definition) is 3. The quantitative estimate of drug-likeness (QED) is 0.857. The topological polar surface area (TPSA) is 59.8 Å². The van der Waals surface area contributed by atoms with Crippen LogP contribution in [0, 0.1) is 5.82 Å². The van der Waals surface area contributed by atoms with Gasteiger partial charge in [0.05, 0.1) is 12.1 Å². The normalized spacial score (nSPS) is 10.2. The van der Waals surface area contributed by atoms with Crippen LogP contribution >= 0.6 is 0 Å². The fraction of sp³-hybridized carbons (Fsp3) is 0.182. The number of carbonyl (C=O) groups excluding carboxylic acids is 1. The van der Waals surface area contributed by atoms with E-state index in [9.17, 15) is 9.18 Å². The molecule has 0 fully saturated rings. The van der Waals surface area contributed by atoms with Crippen molar-refractivity contribution in [1.29, 1.82) is 0 Å². The van der Waals surface area contributed by atoms with Crippen LogP contribution in [0.25, 0.3) is 0 Å². The van der Waals surface area contributed by atoms with Crippen LogP contribution in [0.15, 0.2) is 30.6 Å². The first-order valence-electron chi connectivity index (χ1n) is 5.04. The molecule has 88 valence electrons. The highest BCUT2D eigenvalue weighted by Gasteiger charge is 2.10. The van der Waals surface area contributed by atoms with Crippen LogP contribution < -0.4 is 5.32 Å². The first-order valence-corrected chi connectivity index (χ1v) is 5.04. The molecule has 0 bridgehead atoms. The minimum Gasteiger partial charge on any atom is -0.345 e. The van der Waals surface area contributed by atoms with E-state index in [1.165, 1.54) is 29.2 Å². The van der Waals surface area contributed by atoms with Crippen molar-refractivity contribution in [3.63, 3.8) is 0 Å². The molecular formula is C11H11FN4O. The molecule has 1 aromatic heterocycles. The minimum atomic E-state index is -0.543. The van der Waals surface area contributed by atoms with Crippen molar-refractivity contribution in [2.75, 3.05) is 0 Å². The van der Waals surface area contributed by atoms with E-state index in [-0.39, 0.29) is 12.1 Å². The molecule has 0 aliphatic carbocycles. The van der Waals surface area contributed by atoms with E-state index in [0.717, 1.165) is 0 Å². The third-order valence-corrected chi connectivity index (χ3v) is 2.17. The summed E-state index contributed by atoms with van der Waals surface area (Å²) in [4.78, 5) is 15.6. The summed E-state index contributed by atoms with van der Waals surface area (Å²) < 4.78 is 14.8. The molecule has 0 atom stereocenters. The van der Waals surface area contributed by atoms with E-state index >= 15 is 0 Å². The molecule has 0 radical (unpaired) electrons. The monoisotopic (exact) mass is 234 g/mol. The summed E-state index contributed by atoms with van der Waals surface area (Å²) in [6, 6.07) is 5.81. The second-order valence-electron chi connectivity index (χ2n) is 3.50. The van der Waals surface area contributed by atoms with Crippen molar-refractivity contribution in [3.8, 4) is 0 Å². The molecule has 2 rings (SSSR count). The van der Waals surface area contributed by atoms with Crippen molar-refractivity contribution < 1.29 is 9.18 Å². The first-order chi connectivity index (χ1) is 8.16. The second-order valence-corrected chi connectivity index (χ2v) is 3.50. The Balaban J connectivity index is 2.01. The number of carbonyl (C=O) groups is 1. The van der Waals surface area contributed by atoms with Gasteiger partial charge in [0.15, 0.2) is 5.82 Å². The number of halogens is 1. The third kappa shape index (κ3) is 2.66. The Hall–Kier alpha value is -2.24. The van der Waals surface area contributed by atoms with Crippen LogP contribution in [0.1, 0.15) is 16.2 Å². The van der Waals surface area contributed by atoms with Gasteiger partial charge < -0.3 is 5.32 Å². The molecule has 0 aliphatic rings. The van der Waals surface area contributed by atoms with Crippen molar-refractivity contribution in [3.05, 3.63) is 47.8 Å². The molecule has 0 saturated carbocycles. The lowest BCUT2D eigenvalue weighted by molar-refractivity contribution is 0.0946. The van der Waals surface area contributed by atoms with Gasteiger partial charge >= 0.3 is 0 Å². The Labute approximate surface area is 97.3 Å². The highest BCUT2D eigenvalue weighted by atomic mass is 19.1. The molecular weight excluding hydrogens is 223 g/mol. The molecule has 0 spiro atoms. The van der Waals surface area contributed by atoms with Gasteiger partial charge in [-0.25, -0.2) is 9.37 Å². The van der Waals surface area contributed by atoms with Crippen LogP contribution in [-0.2, 0) is 13.6 Å². The van der Waals surface area contributed by atoms with Gasteiger partial charge in [0, 0.05) is 7.05 Å². The number of rotatable bonds is 3. The second kappa shape index (κ2) is 4.73. The molecule has 5 nitrogen and oxygen atoms in total. The smallest absolute Gasteiger partial charge is 0.254 e. The molecule has 1 aromatic carbocycles. The van der Waals surface area contributed by atoms with Gasteiger partial charge in [-0.15, -0.1) is 0 Å². The number of nitrogens with one attached hydrogen (secondary N) is 1. The lowest BCUT2D eigenvalue weighted by atomic mass is 10.2. The zero-order valence-electron chi connectivity index (χ0n) is 9.22. The number of nitrogens with zero attached hydrogens (tertiary/aromatic N) is 3. The lowest BCUT2D eigenvalue weighted by Crippen LogP contribution is -2.24. The van der Waals surface area contributed by atoms with Gasteiger partial charge in [0.25, 0.3) is 5.91 Å². The van der Waals surface area contributed by atoms with Gasteiger partial charge in [-0.2, -0.15) is 5.10 Å². The molecule has 1 amide bonds. The van der Waals surface area contributed by atoms with Crippen molar-refractivity contribution >= 4 is 5.91 Å². The number of amides is 1. The molecule has 0 aliphatic heterocycles. The van der Waals surface area contributed by atoms with Crippen LogP contribution in [0.2, 0.25) is 0 Å². The van der Waals surface area contributed by atoms with Crippen molar-refractivity contribution in [2.24, 2.45) is 7.05 Å². The van der Waals surface area contributed by atoms with Gasteiger partial charge in [-0.1, -0.05) is 12.1 Å². The van der Waals surface area contributed by atoms with Crippen molar-refractivity contribution in [1.82, 2.24) is 20.1 Å². The average Bonchev–Trinajstić information content (AvgIpc) is 2.73. The van der Waals surface area contributed by atoms with Crippen LogP contribution in [0.4, 0.5) is 4.39 Å². The summed E-state index contributed by atoms with van der Waals surface area (Å²) >= 11 is 0. The van der Waals surface area contributed by atoms with Crippen LogP contribution in [0.3, 0.4) is 0 Å². The fourth-order valence-corrected chi connectivity index (χ4v) is 1.36. The Morgan fingerprint density at radius 2 is 2.24 bits per heavy atom. The SMILES string of the molecule is Cn1cnc(CNC(=O)c2ccccc2F)n1. The first kappa shape index (κ1) is 11.3. The Kier molecular flexibility index (Phi) is 3.13. The summed E-state index contributed by atoms with van der Waals surface area (Å²) in [6.07, 6.45) is 1.53. The van der Waals surface area contributed by atoms with Crippen LogP contribution in [-0.4, -0.2) is 20.7 Å². The van der Waals surface area contributed by atoms with E-state index in [4.69, 9.17) is 0 Å². The van der Waals surface area contributed by atoms with E-state index in [1.807, 2.05) is 0 Å². The van der Waals surface area contributed by atoms with E-state index in [1.54, 1.807) is 13.1 Å². The number of aromatic nitrogens is 3. The molecule has 1 heterocycles. The highest BCUT2D eigenvalue weighted by Crippen LogP contribution is 2.05. The van der Waals surface area contributed by atoms with E-state index in [2.05, 4.69) is 15.4 Å². The Morgan fingerprint density at radius 1 is 1.47 bits per heavy atom. The van der Waals surface area contributed by atoms with Gasteiger partial charge in [-0.3, -0.25) is 9.48 Å². The molecule has 0 unspecified atom stereocenters. The standard InChI is InChI=1S/C11H11FN4O/c1-16-7-14-10(15-16)6-13-11(17)8-4-2-3-5-9(8)12/h2-5,7H,6H2,1H3,(H,13,17). The Morgan fingerprint density at radius 3 is 2.88 bits per heavy atom. The predicted octanol–water partition coefficient (Wildman–Crippen LogP) is 0.884. The summed E-state index contributed by atoms with van der Waals surface area (Å²) in [5, 5.41) is 6.55. The van der Waals surface area contributed by atoms with Gasteiger partial charge in [0.1, 0.15) is 12.1 Å². The van der Waals surface area contributed by atoms with E-state index in [0.29, 0.717) is 5.82 Å². The molecule has 0 saturated heterocycles. The summed E-state index contributed by atoms with van der Waals surface area (Å²) in [5.74, 6) is -0.535. The molecule has 2 aromatic rings. The van der Waals surface area contributed by atoms with Gasteiger partial charge in [-0.05, 0) is 12.1 Å². The van der Waals surface area contributed by atoms with Gasteiger partial charge in [0.2, 0.25) is 0 Å². The number of benzene rings is 1. The lowest BCUT2D eigenvalue weighted by Gasteiger charge is -2.03. The zero-order valence-corrected chi connectivity index (χ0v) is 9.22. The largest absolute Gasteiger partial charge is 0.345 e. The highest BCUT2D eigenvalue weighted by molar-refractivity contribution is 5.94. The Bertz CT molecular complexity index is 538. The van der Waals surface area contributed by atoms with Crippen LogP contribution in [0.5, 0.6) is 0 Å². The maximum Gasteiger partial charge on any atom is 0.254 e. The predicted molar refractivity (Wildman–Crippen MR) is 58.6 cm³/mol. The zero-order chi connectivity index (χ0) is 12.3. The average molecular weight is 234 g/mol. The maximum absolute atomic E-state index is 13.3. The fourth-order valence-electron chi connectivity index (χ4n) is 1.36. The maximum atomic E-state index is 13.3. The summed E-state index contributed by atoms with van der Waals surface area (Å²) in [7, 11) is 1.73. The third-order valence-electron chi connectivity index (χ3n) is 2.17. The minimum absolute atomic E-state index is 0.0171. The molecule has 1 N–H and O–H groups in total. The molecule has 17 heavy (non-hydrogen) atoms. The van der Waals surface area contributed by atoms with E-state index < -0.39 is 11.7 Å². The number of aryl methyl sites for hydroxylation is 1. The number of hydrogen-bond donors (Lipinski definition) is 1. The summed E-state index contributed by atoms with van der Waals surface area (Å²) in [6.45, 7) is 0.175. The van der Waals surface area contributed by atoms with Crippen molar-refractivity contribution in [2.45, 2.75) is 6.54 Å². The molecule has 6 heteroatoms. The summed E-state index contributed by atoms with van der Waals surface area (Å²) in [5.41, 5.74) is 0.0171.